The molecule has 0 amide bonds. The fourth-order valence-electron chi connectivity index (χ4n) is 2.87. The maximum Gasteiger partial charge on any atom is 0.344 e. The number of aromatic amines is 1. The van der Waals surface area contributed by atoms with Crippen LogP contribution in [0.1, 0.15) is 17.5 Å². The average Bonchev–Trinajstić information content (AvgIpc) is 3.21. The minimum absolute atomic E-state index is 0.347. The summed E-state index contributed by atoms with van der Waals surface area (Å²) in [5, 5.41) is 15.9. The minimum atomic E-state index is -0.930. The number of H-pyrrole nitrogens is 1. The van der Waals surface area contributed by atoms with Crippen molar-refractivity contribution in [3.05, 3.63) is 59.9 Å². The molecule has 0 unspecified atom stereocenters. The number of carbonyl (C=O) groups is 1. The van der Waals surface area contributed by atoms with Gasteiger partial charge in [-0.3, -0.25) is 10.1 Å². The van der Waals surface area contributed by atoms with Gasteiger partial charge in [-0.25, -0.2) is 4.79 Å². The molecule has 0 saturated carbocycles. The zero-order chi connectivity index (χ0) is 17.9. The first-order valence-corrected chi connectivity index (χ1v) is 8.29. The average molecular weight is 351 g/mol. The van der Waals surface area contributed by atoms with E-state index < -0.39 is 12.1 Å². The Bertz CT molecular complexity index is 907. The summed E-state index contributed by atoms with van der Waals surface area (Å²) >= 11 is 0. The number of nitrogens with one attached hydrogen (secondary N) is 1. The first kappa shape index (κ1) is 16.1. The van der Waals surface area contributed by atoms with Crippen molar-refractivity contribution in [3.63, 3.8) is 0 Å². The van der Waals surface area contributed by atoms with Gasteiger partial charge < -0.3 is 14.6 Å². The molecule has 0 saturated heterocycles. The number of aliphatic carboxylic acids is 1. The molecular weight excluding hydrogens is 334 g/mol. The molecule has 1 aliphatic heterocycles. The lowest BCUT2D eigenvalue weighted by molar-refractivity contribution is -0.145. The number of hydrogen-bond acceptors (Lipinski definition) is 5. The molecule has 0 fully saturated rings. The molecule has 1 aliphatic rings. The molecule has 1 atom stereocenters. The highest BCUT2D eigenvalue weighted by Gasteiger charge is 2.25. The lowest BCUT2D eigenvalue weighted by Crippen LogP contribution is -2.30. The highest BCUT2D eigenvalue weighted by molar-refractivity contribution is 5.73. The Morgan fingerprint density at radius 1 is 1.31 bits per heavy atom. The fraction of sp³-hybridized carbons (Fsp3) is 0.211. The molecule has 132 valence electrons. The van der Waals surface area contributed by atoms with E-state index in [4.69, 9.17) is 14.6 Å². The van der Waals surface area contributed by atoms with Crippen LogP contribution in [0.5, 0.6) is 11.5 Å². The maximum absolute atomic E-state index is 11.1. The third kappa shape index (κ3) is 3.37. The second-order valence-electron chi connectivity index (χ2n) is 6.06. The number of fused-ring (bicyclic) bond motifs is 1. The van der Waals surface area contributed by atoms with Gasteiger partial charge in [0.1, 0.15) is 18.1 Å². The first-order valence-electron chi connectivity index (χ1n) is 8.29. The molecule has 0 bridgehead atoms. The van der Waals surface area contributed by atoms with E-state index in [9.17, 15) is 4.79 Å². The Labute approximate surface area is 149 Å². The Morgan fingerprint density at radius 3 is 2.96 bits per heavy atom. The Morgan fingerprint density at radius 2 is 2.23 bits per heavy atom. The van der Waals surface area contributed by atoms with Crippen LogP contribution in [0.25, 0.3) is 11.4 Å². The molecule has 2 N–H and O–H groups in total. The topological polar surface area (TPSA) is 97.3 Å². The maximum atomic E-state index is 11.1. The van der Waals surface area contributed by atoms with E-state index in [0.29, 0.717) is 30.9 Å². The van der Waals surface area contributed by atoms with Crippen molar-refractivity contribution >= 4 is 5.97 Å². The van der Waals surface area contributed by atoms with Crippen LogP contribution in [0.15, 0.2) is 48.8 Å². The largest absolute Gasteiger partial charge is 0.487 e. The van der Waals surface area contributed by atoms with Crippen molar-refractivity contribution in [1.82, 2.24) is 15.2 Å². The van der Waals surface area contributed by atoms with Gasteiger partial charge in [-0.1, -0.05) is 12.1 Å². The van der Waals surface area contributed by atoms with Crippen LogP contribution in [-0.2, 0) is 17.8 Å². The number of carboxylic acid groups (broad SMARTS) is 1. The van der Waals surface area contributed by atoms with E-state index in [1.165, 1.54) is 0 Å². The predicted octanol–water partition coefficient (Wildman–Crippen LogP) is 2.83. The van der Waals surface area contributed by atoms with Crippen LogP contribution in [0.3, 0.4) is 0 Å². The normalized spacial score (nSPS) is 15.8. The zero-order valence-corrected chi connectivity index (χ0v) is 13.9. The Balaban J connectivity index is 1.42. The molecule has 3 aromatic rings. The predicted molar refractivity (Wildman–Crippen MR) is 93.0 cm³/mol. The summed E-state index contributed by atoms with van der Waals surface area (Å²) in [5.74, 6) is 0.341. The van der Waals surface area contributed by atoms with E-state index in [1.54, 1.807) is 12.4 Å². The molecule has 7 heteroatoms. The van der Waals surface area contributed by atoms with Gasteiger partial charge in [-0.05, 0) is 48.2 Å². The zero-order valence-electron chi connectivity index (χ0n) is 13.9. The van der Waals surface area contributed by atoms with Gasteiger partial charge in [-0.15, -0.1) is 0 Å². The number of aromatic nitrogens is 3. The van der Waals surface area contributed by atoms with E-state index in [0.717, 1.165) is 22.5 Å². The van der Waals surface area contributed by atoms with E-state index in [2.05, 4.69) is 15.2 Å². The number of pyridine rings is 1. The van der Waals surface area contributed by atoms with Gasteiger partial charge in [0.2, 0.25) is 0 Å². The van der Waals surface area contributed by atoms with Crippen molar-refractivity contribution < 1.29 is 19.4 Å². The van der Waals surface area contributed by atoms with Gasteiger partial charge in [0.15, 0.2) is 6.10 Å². The molecule has 3 heterocycles. The molecule has 7 nitrogen and oxygen atoms in total. The highest BCUT2D eigenvalue weighted by atomic mass is 16.5. The van der Waals surface area contributed by atoms with Crippen LogP contribution < -0.4 is 9.47 Å². The Hall–Kier alpha value is -3.35. The molecule has 0 spiro atoms. The van der Waals surface area contributed by atoms with Gasteiger partial charge in [-0.2, -0.15) is 5.10 Å². The van der Waals surface area contributed by atoms with Crippen LogP contribution >= 0.6 is 0 Å². The summed E-state index contributed by atoms with van der Waals surface area (Å²) in [7, 11) is 0. The summed E-state index contributed by atoms with van der Waals surface area (Å²) in [6.07, 6.45) is 3.75. The number of aryl methyl sites for hydroxylation is 1. The third-order valence-corrected chi connectivity index (χ3v) is 4.27. The first-order chi connectivity index (χ1) is 12.7. The van der Waals surface area contributed by atoms with Gasteiger partial charge in [0.05, 0.1) is 17.6 Å². The summed E-state index contributed by atoms with van der Waals surface area (Å²) in [6.45, 7) is 0.347. The number of carboxylic acids is 1. The molecule has 2 aromatic heterocycles. The van der Waals surface area contributed by atoms with Crippen molar-refractivity contribution in [1.29, 1.82) is 0 Å². The quantitative estimate of drug-likeness (QED) is 0.734. The summed E-state index contributed by atoms with van der Waals surface area (Å²) in [6, 6.07) is 11.3. The second kappa shape index (κ2) is 6.87. The van der Waals surface area contributed by atoms with Gasteiger partial charge >= 0.3 is 5.97 Å². The SMILES string of the molecule is O=C(O)[C@H]1CCc2ccc(COc3ccc(-c4ccn[nH]4)nc3)cc2O1. The van der Waals surface area contributed by atoms with Crippen LogP contribution in [0.2, 0.25) is 0 Å². The lowest BCUT2D eigenvalue weighted by atomic mass is 10.0. The molecule has 4 rings (SSSR count). The third-order valence-electron chi connectivity index (χ3n) is 4.27. The monoisotopic (exact) mass is 351 g/mol. The summed E-state index contributed by atoms with van der Waals surface area (Å²) < 4.78 is 11.3. The molecular formula is C19H17N3O4. The van der Waals surface area contributed by atoms with E-state index >= 15 is 0 Å². The number of hydrogen-bond donors (Lipinski definition) is 2. The second-order valence-corrected chi connectivity index (χ2v) is 6.06. The number of rotatable bonds is 5. The van der Waals surface area contributed by atoms with E-state index in [1.807, 2.05) is 36.4 Å². The molecule has 0 radical (unpaired) electrons. The molecule has 1 aromatic carbocycles. The summed E-state index contributed by atoms with van der Waals surface area (Å²) in [5.41, 5.74) is 3.57. The minimum Gasteiger partial charge on any atom is -0.487 e. The van der Waals surface area contributed by atoms with Crippen LogP contribution in [-0.4, -0.2) is 32.4 Å². The van der Waals surface area contributed by atoms with Crippen molar-refractivity contribution in [3.8, 4) is 22.9 Å². The van der Waals surface area contributed by atoms with Crippen molar-refractivity contribution in [2.45, 2.75) is 25.6 Å². The number of nitrogens with zero attached hydrogens (tertiary/aromatic N) is 2. The van der Waals surface area contributed by atoms with Crippen LogP contribution in [0, 0.1) is 0 Å². The van der Waals surface area contributed by atoms with Gasteiger partial charge in [0.25, 0.3) is 0 Å². The Kier molecular flexibility index (Phi) is 4.27. The number of benzene rings is 1. The lowest BCUT2D eigenvalue weighted by Gasteiger charge is -2.23. The summed E-state index contributed by atoms with van der Waals surface area (Å²) in [4.78, 5) is 15.5. The molecule has 26 heavy (non-hydrogen) atoms. The standard InChI is InChI=1S/C19H17N3O4/c23-19(24)17-6-3-13-2-1-12(9-18(13)26-17)11-25-14-4-5-15(20-10-14)16-7-8-21-22-16/h1-2,4-5,7-10,17H,3,6,11H2,(H,21,22)(H,23,24)/t17-/m1/s1. The van der Waals surface area contributed by atoms with Gasteiger partial charge in [0, 0.05) is 6.20 Å². The van der Waals surface area contributed by atoms with Crippen molar-refractivity contribution in [2.75, 3.05) is 0 Å². The van der Waals surface area contributed by atoms with Crippen LogP contribution in [0.4, 0.5) is 0 Å². The fourth-order valence-corrected chi connectivity index (χ4v) is 2.87. The smallest absolute Gasteiger partial charge is 0.344 e. The molecule has 0 aliphatic carbocycles. The van der Waals surface area contributed by atoms with Crippen molar-refractivity contribution in [2.24, 2.45) is 0 Å². The highest BCUT2D eigenvalue weighted by Crippen LogP contribution is 2.29. The number of ether oxygens (including phenoxy) is 2. The van der Waals surface area contributed by atoms with E-state index in [-0.39, 0.29) is 0 Å².